The number of rotatable bonds is 10. The number of hydrogen-bond acceptors (Lipinski definition) is 5. The average molecular weight is 474 g/mol. The third-order valence-corrected chi connectivity index (χ3v) is 5.96. The summed E-state index contributed by atoms with van der Waals surface area (Å²) in [5.74, 6) is 0.501. The van der Waals surface area contributed by atoms with Crippen LogP contribution in [0.1, 0.15) is 31.4 Å². The zero-order valence-corrected chi connectivity index (χ0v) is 20.1. The standard InChI is InChI=1S/C28H31N3O4/c1-3-20-10-13-24(14-11-20)31-18-22(16-27(31)32)28(33)30-29-23-12-15-25(26(17-23)34-4-2)35-19-21-8-6-5-7-9-21/h5-15,17,22,29H,3-4,16,18-19H2,1-2H3,(H,30,33)/t22-/m0/s1. The van der Waals surface area contributed by atoms with Crippen LogP contribution in [0.15, 0.2) is 72.8 Å². The molecule has 0 bridgehead atoms. The Bertz CT molecular complexity index is 1150. The number of ether oxygens (including phenoxy) is 2. The van der Waals surface area contributed by atoms with Gasteiger partial charge in [-0.2, -0.15) is 0 Å². The molecule has 0 spiro atoms. The summed E-state index contributed by atoms with van der Waals surface area (Å²) in [7, 11) is 0. The molecule has 3 aromatic carbocycles. The van der Waals surface area contributed by atoms with Crippen LogP contribution < -0.4 is 25.2 Å². The molecule has 7 heteroatoms. The van der Waals surface area contributed by atoms with Crippen molar-refractivity contribution in [1.82, 2.24) is 5.43 Å². The van der Waals surface area contributed by atoms with E-state index in [-0.39, 0.29) is 18.2 Å². The van der Waals surface area contributed by atoms with Crippen LogP contribution in [0.2, 0.25) is 0 Å². The van der Waals surface area contributed by atoms with Gasteiger partial charge in [-0.05, 0) is 48.7 Å². The van der Waals surface area contributed by atoms with Crippen molar-refractivity contribution in [2.45, 2.75) is 33.3 Å². The van der Waals surface area contributed by atoms with Crippen LogP contribution in [0.3, 0.4) is 0 Å². The summed E-state index contributed by atoms with van der Waals surface area (Å²) < 4.78 is 11.7. The molecule has 1 heterocycles. The maximum atomic E-state index is 12.8. The summed E-state index contributed by atoms with van der Waals surface area (Å²) in [6.45, 7) is 5.26. The van der Waals surface area contributed by atoms with E-state index < -0.39 is 5.92 Å². The Balaban J connectivity index is 1.34. The lowest BCUT2D eigenvalue weighted by molar-refractivity contribution is -0.125. The molecule has 1 fully saturated rings. The molecular formula is C28H31N3O4. The minimum Gasteiger partial charge on any atom is -0.490 e. The number of hydrazine groups is 1. The van der Waals surface area contributed by atoms with Crippen molar-refractivity contribution in [3.05, 3.63) is 83.9 Å². The van der Waals surface area contributed by atoms with E-state index in [1.807, 2.05) is 73.7 Å². The van der Waals surface area contributed by atoms with Crippen LogP contribution in [-0.4, -0.2) is 25.0 Å². The van der Waals surface area contributed by atoms with Gasteiger partial charge >= 0.3 is 0 Å². The number of nitrogens with zero attached hydrogens (tertiary/aromatic N) is 1. The maximum absolute atomic E-state index is 12.8. The van der Waals surface area contributed by atoms with Crippen molar-refractivity contribution < 1.29 is 19.1 Å². The molecule has 1 atom stereocenters. The zero-order valence-electron chi connectivity index (χ0n) is 20.1. The third kappa shape index (κ3) is 6.12. The van der Waals surface area contributed by atoms with Crippen LogP contribution >= 0.6 is 0 Å². The van der Waals surface area contributed by atoms with Crippen LogP contribution in [0.5, 0.6) is 11.5 Å². The molecule has 2 amide bonds. The Hall–Kier alpha value is -4.00. The van der Waals surface area contributed by atoms with Crippen molar-refractivity contribution in [2.75, 3.05) is 23.5 Å². The van der Waals surface area contributed by atoms with Gasteiger partial charge in [-0.25, -0.2) is 0 Å². The van der Waals surface area contributed by atoms with Gasteiger partial charge in [-0.15, -0.1) is 0 Å². The van der Waals surface area contributed by atoms with Crippen LogP contribution in [0.25, 0.3) is 0 Å². The molecule has 2 N–H and O–H groups in total. The van der Waals surface area contributed by atoms with Crippen LogP contribution in [-0.2, 0) is 22.6 Å². The zero-order chi connectivity index (χ0) is 24.6. The molecule has 35 heavy (non-hydrogen) atoms. The lowest BCUT2D eigenvalue weighted by Crippen LogP contribution is -2.36. The Morgan fingerprint density at radius 2 is 1.71 bits per heavy atom. The molecule has 1 saturated heterocycles. The van der Waals surface area contributed by atoms with Crippen LogP contribution in [0.4, 0.5) is 11.4 Å². The number of aryl methyl sites for hydroxylation is 1. The first kappa shape index (κ1) is 24.1. The molecular weight excluding hydrogens is 442 g/mol. The molecule has 182 valence electrons. The van der Waals surface area contributed by atoms with Gasteiger partial charge in [0.2, 0.25) is 11.8 Å². The number of nitrogens with one attached hydrogen (secondary N) is 2. The number of benzene rings is 3. The molecule has 0 aromatic heterocycles. The molecule has 4 rings (SSSR count). The van der Waals surface area contributed by atoms with Crippen molar-refractivity contribution in [3.63, 3.8) is 0 Å². The highest BCUT2D eigenvalue weighted by Gasteiger charge is 2.35. The Labute approximate surface area is 206 Å². The minimum absolute atomic E-state index is 0.0482. The van der Waals surface area contributed by atoms with Gasteiger partial charge in [0.1, 0.15) is 6.61 Å². The fourth-order valence-corrected chi connectivity index (χ4v) is 3.99. The summed E-state index contributed by atoms with van der Waals surface area (Å²) in [5.41, 5.74) is 9.43. The normalized spacial score (nSPS) is 15.1. The Morgan fingerprint density at radius 1 is 0.943 bits per heavy atom. The lowest BCUT2D eigenvalue weighted by Gasteiger charge is -2.18. The summed E-state index contributed by atoms with van der Waals surface area (Å²) in [4.78, 5) is 27.0. The molecule has 1 aliphatic heterocycles. The SMILES string of the molecule is CCOc1cc(NNC(=O)[C@H]2CC(=O)N(c3ccc(CC)cc3)C2)ccc1OCc1ccccc1. The molecule has 0 aliphatic carbocycles. The minimum atomic E-state index is -0.430. The third-order valence-electron chi connectivity index (χ3n) is 5.96. The van der Waals surface area contributed by atoms with Gasteiger partial charge in [-0.3, -0.25) is 20.4 Å². The highest BCUT2D eigenvalue weighted by molar-refractivity contribution is 6.00. The Morgan fingerprint density at radius 3 is 2.43 bits per heavy atom. The fourth-order valence-electron chi connectivity index (χ4n) is 3.99. The van der Waals surface area contributed by atoms with E-state index >= 15 is 0 Å². The highest BCUT2D eigenvalue weighted by Crippen LogP contribution is 2.31. The second-order valence-electron chi connectivity index (χ2n) is 8.41. The highest BCUT2D eigenvalue weighted by atomic mass is 16.5. The molecule has 1 aliphatic rings. The summed E-state index contributed by atoms with van der Waals surface area (Å²) in [6, 6.07) is 23.2. The number of amides is 2. The maximum Gasteiger partial charge on any atom is 0.243 e. The largest absolute Gasteiger partial charge is 0.490 e. The first-order valence-corrected chi connectivity index (χ1v) is 12.0. The van der Waals surface area contributed by atoms with Crippen molar-refractivity contribution in [1.29, 1.82) is 0 Å². The van der Waals surface area contributed by atoms with E-state index in [0.29, 0.717) is 36.9 Å². The van der Waals surface area contributed by atoms with Crippen LogP contribution in [0, 0.1) is 5.92 Å². The van der Waals surface area contributed by atoms with E-state index in [0.717, 1.165) is 17.7 Å². The summed E-state index contributed by atoms with van der Waals surface area (Å²) >= 11 is 0. The van der Waals surface area contributed by atoms with E-state index in [1.165, 1.54) is 5.56 Å². The predicted molar refractivity (Wildman–Crippen MR) is 136 cm³/mol. The lowest BCUT2D eigenvalue weighted by atomic mass is 10.1. The van der Waals surface area contributed by atoms with Gasteiger partial charge in [0.15, 0.2) is 11.5 Å². The van der Waals surface area contributed by atoms with E-state index in [9.17, 15) is 9.59 Å². The van der Waals surface area contributed by atoms with E-state index in [4.69, 9.17) is 9.47 Å². The number of carbonyl (C=O) groups is 2. The average Bonchev–Trinajstić information content (AvgIpc) is 3.29. The molecule has 0 saturated carbocycles. The smallest absolute Gasteiger partial charge is 0.243 e. The van der Waals surface area contributed by atoms with Gasteiger partial charge in [0, 0.05) is 24.7 Å². The van der Waals surface area contributed by atoms with Crippen molar-refractivity contribution in [2.24, 2.45) is 5.92 Å². The molecule has 0 radical (unpaired) electrons. The monoisotopic (exact) mass is 473 g/mol. The number of carbonyl (C=O) groups excluding carboxylic acids is 2. The quantitative estimate of drug-likeness (QED) is 0.417. The second-order valence-corrected chi connectivity index (χ2v) is 8.41. The topological polar surface area (TPSA) is 79.9 Å². The number of hydrogen-bond donors (Lipinski definition) is 2. The molecule has 7 nitrogen and oxygen atoms in total. The Kier molecular flexibility index (Phi) is 7.88. The van der Waals surface area contributed by atoms with Crippen molar-refractivity contribution >= 4 is 23.2 Å². The second kappa shape index (κ2) is 11.4. The fraction of sp³-hybridized carbons (Fsp3) is 0.286. The van der Waals surface area contributed by atoms with Gasteiger partial charge in [0.25, 0.3) is 0 Å². The van der Waals surface area contributed by atoms with Gasteiger partial charge in [-0.1, -0.05) is 49.4 Å². The van der Waals surface area contributed by atoms with E-state index in [2.05, 4.69) is 17.8 Å². The molecule has 0 unspecified atom stereocenters. The molecule has 3 aromatic rings. The first-order chi connectivity index (χ1) is 17.1. The number of anilines is 2. The summed E-state index contributed by atoms with van der Waals surface area (Å²) in [6.07, 6.45) is 1.12. The van der Waals surface area contributed by atoms with Crippen molar-refractivity contribution in [3.8, 4) is 11.5 Å². The van der Waals surface area contributed by atoms with Gasteiger partial charge in [0.05, 0.1) is 18.2 Å². The first-order valence-electron chi connectivity index (χ1n) is 12.0. The predicted octanol–water partition coefficient (Wildman–Crippen LogP) is 4.72. The summed E-state index contributed by atoms with van der Waals surface area (Å²) in [5, 5.41) is 0. The van der Waals surface area contributed by atoms with Gasteiger partial charge < -0.3 is 14.4 Å². The van der Waals surface area contributed by atoms with E-state index in [1.54, 1.807) is 11.0 Å².